The van der Waals surface area contributed by atoms with Crippen molar-refractivity contribution in [3.8, 4) is 56.4 Å². The van der Waals surface area contributed by atoms with Gasteiger partial charge < -0.3 is 4.42 Å². The van der Waals surface area contributed by atoms with Gasteiger partial charge in [0.1, 0.15) is 50.4 Å². The minimum atomic E-state index is 0.567. The minimum Gasteiger partial charge on any atom is -0.455 e. The monoisotopic (exact) mass is 761 g/mol. The van der Waals surface area contributed by atoms with E-state index in [0.717, 1.165) is 55.3 Å². The third-order valence-electron chi connectivity index (χ3n) is 12.9. The number of fused-ring (bicyclic) bond motifs is 9. The van der Waals surface area contributed by atoms with E-state index in [0.29, 0.717) is 17.5 Å². The van der Waals surface area contributed by atoms with Crippen LogP contribution in [0.1, 0.15) is 0 Å². The van der Waals surface area contributed by atoms with Gasteiger partial charge in [0.05, 0.1) is 5.56 Å². The molecule has 4 nitrogen and oxygen atoms in total. The van der Waals surface area contributed by atoms with Gasteiger partial charge in [0.25, 0.3) is 0 Å². The van der Waals surface area contributed by atoms with Crippen LogP contribution in [0.4, 0.5) is 0 Å². The average Bonchev–Trinajstić information content (AvgIpc) is 3.69. The topological polar surface area (TPSA) is 51.8 Å². The van der Waals surface area contributed by atoms with Gasteiger partial charge in [0.2, 0.25) is 0 Å². The van der Waals surface area contributed by atoms with Crippen molar-refractivity contribution in [2.45, 2.75) is 0 Å². The molecule has 2 aromatic heterocycles. The first-order valence-corrected chi connectivity index (χ1v) is 20.6. The summed E-state index contributed by atoms with van der Waals surface area (Å²) in [6.07, 6.45) is 0. The molecule has 0 atom stereocenters. The largest absolute Gasteiger partial charge is 0.455 e. The Morgan fingerprint density at radius 1 is 0.317 bits per heavy atom. The molecular weight excluding hydrogens is 725 g/mol. The fourth-order valence-electron chi connectivity index (χ4n) is 9.33. The van der Waals surface area contributed by atoms with Gasteiger partial charge in [-0.3, -0.25) is 0 Å². The number of nitrogens with zero attached hydrogens (tertiary/aromatic N) is 3. The van der Waals surface area contributed by atoms with Crippen LogP contribution in [0.2, 0.25) is 0 Å². The molecule has 0 saturated heterocycles. The Kier molecular flexibility index (Phi) is 8.42. The Morgan fingerprint density at radius 2 is 0.800 bits per heavy atom. The first-order chi connectivity index (χ1) is 29.3. The molecule has 0 unspecified atom stereocenters. The number of aromatic nitrogens is 3. The average molecular weight is 761 g/mol. The van der Waals surface area contributed by atoms with Crippen LogP contribution in [0.15, 0.2) is 162 Å². The van der Waals surface area contributed by atoms with Crippen molar-refractivity contribution < 1.29 is 4.42 Å². The van der Waals surface area contributed by atoms with E-state index in [4.69, 9.17) is 19.4 Å². The molecule has 0 aliphatic carbocycles. The number of hydrogen-bond donors (Lipinski definition) is 0. The van der Waals surface area contributed by atoms with E-state index < -0.39 is 0 Å². The van der Waals surface area contributed by atoms with Crippen molar-refractivity contribution in [2.24, 2.45) is 0 Å². The molecule has 60 heavy (non-hydrogen) atoms. The van der Waals surface area contributed by atoms with Crippen LogP contribution in [-0.4, -0.2) is 54.2 Å². The molecule has 0 aliphatic heterocycles. The van der Waals surface area contributed by atoms with Crippen LogP contribution < -0.4 is 27.3 Å². The summed E-state index contributed by atoms with van der Waals surface area (Å²) in [6.45, 7) is 0. The van der Waals surface area contributed by atoms with Crippen molar-refractivity contribution in [2.75, 3.05) is 0 Å². The van der Waals surface area contributed by atoms with Crippen LogP contribution in [0.3, 0.4) is 0 Å². The molecule has 11 aromatic rings. The van der Waals surface area contributed by atoms with Crippen molar-refractivity contribution in [1.29, 1.82) is 0 Å². The Balaban J connectivity index is 1.06. The highest BCUT2D eigenvalue weighted by molar-refractivity contribution is 6.68. The van der Waals surface area contributed by atoms with Gasteiger partial charge in [-0.15, -0.1) is 16.4 Å². The van der Waals surface area contributed by atoms with Gasteiger partial charge >= 0.3 is 0 Å². The second kappa shape index (κ2) is 14.0. The number of hydrogen-bond acceptors (Lipinski definition) is 4. The van der Waals surface area contributed by atoms with Crippen molar-refractivity contribution in [3.63, 3.8) is 0 Å². The van der Waals surface area contributed by atoms with E-state index in [1.807, 2.05) is 30.3 Å². The molecule has 0 radical (unpaired) electrons. The van der Waals surface area contributed by atoms with Crippen LogP contribution in [0, 0.1) is 0 Å². The molecule has 0 aliphatic rings. The lowest BCUT2D eigenvalue weighted by molar-refractivity contribution is 0.669. The molecule has 276 valence electrons. The van der Waals surface area contributed by atoms with E-state index >= 15 is 0 Å². The number of benzene rings is 9. The highest BCUT2D eigenvalue weighted by Crippen LogP contribution is 2.40. The maximum Gasteiger partial charge on any atom is 0.167 e. The summed E-state index contributed by atoms with van der Waals surface area (Å²) in [4.78, 5) is 15.4. The first kappa shape index (κ1) is 36.0. The highest BCUT2D eigenvalue weighted by atomic mass is 16.3. The van der Waals surface area contributed by atoms with Crippen LogP contribution in [0.25, 0.3) is 111 Å². The molecule has 0 bridgehead atoms. The van der Waals surface area contributed by atoms with E-state index in [9.17, 15) is 0 Å². The molecule has 0 N–H and O–H groups in total. The van der Waals surface area contributed by atoms with Gasteiger partial charge in [-0.1, -0.05) is 138 Å². The molecular formula is C51H36B5N3O. The maximum atomic E-state index is 6.84. The second-order valence-electron chi connectivity index (χ2n) is 16.1. The number of para-hydroxylation sites is 1. The number of furan rings is 1. The zero-order valence-electron chi connectivity index (χ0n) is 34.3. The van der Waals surface area contributed by atoms with Crippen molar-refractivity contribution in [3.05, 3.63) is 158 Å². The summed E-state index contributed by atoms with van der Waals surface area (Å²) < 4.78 is 6.84. The molecule has 0 amide bonds. The molecule has 9 heteroatoms. The predicted octanol–water partition coefficient (Wildman–Crippen LogP) is 4.86. The molecule has 0 spiro atoms. The van der Waals surface area contributed by atoms with Gasteiger partial charge in [0, 0.05) is 21.9 Å². The van der Waals surface area contributed by atoms with Crippen LogP contribution >= 0.6 is 0 Å². The quantitative estimate of drug-likeness (QED) is 0.186. The lowest BCUT2D eigenvalue weighted by Crippen LogP contribution is -2.55. The summed E-state index contributed by atoms with van der Waals surface area (Å²) in [7, 11) is 11.1. The molecule has 11 rings (SSSR count). The fourth-order valence-corrected chi connectivity index (χ4v) is 9.33. The SMILES string of the molecule is Bc1c(B)c(B)c(-c2cccc(-c3nc(-c4ccccc4)nc(-c4cccc5c4oc4cc(-c6ccc7c8ccccc8c8ccccc8c7c6)ccc45)n3)c2)c(B)c1B. The molecule has 2 heterocycles. The number of rotatable bonds is 5. The zero-order valence-corrected chi connectivity index (χ0v) is 34.3. The normalized spacial score (nSPS) is 11.7. The Morgan fingerprint density at radius 3 is 1.48 bits per heavy atom. The van der Waals surface area contributed by atoms with Crippen LogP contribution in [-0.2, 0) is 0 Å². The molecule has 0 fully saturated rings. The van der Waals surface area contributed by atoms with Gasteiger partial charge in [-0.05, 0) is 84.9 Å². The standard InChI is InChI=1S/C51H36B5N3O/c52-43-42(44(53)46(55)47(56)45(43)54)30-12-8-13-31(24-30)50-57-49(27-10-2-1-3-11-27)58-51(59-50)39-19-9-18-38-37-23-21-29(26-41(37)60-48(38)39)28-20-22-36-34-16-5-4-14-32(34)33-15-6-7-17-35(33)40(36)25-28/h1-26H,52-56H2. The second-order valence-corrected chi connectivity index (χ2v) is 16.1. The lowest BCUT2D eigenvalue weighted by atomic mass is 9.59. The van der Waals surface area contributed by atoms with E-state index in [1.165, 1.54) is 65.2 Å². The van der Waals surface area contributed by atoms with E-state index in [2.05, 4.69) is 167 Å². The summed E-state index contributed by atoms with van der Waals surface area (Å²) in [6, 6.07) is 55.8. The van der Waals surface area contributed by atoms with Gasteiger partial charge in [0.15, 0.2) is 17.5 Å². The highest BCUT2D eigenvalue weighted by Gasteiger charge is 2.20. The van der Waals surface area contributed by atoms with Crippen molar-refractivity contribution >= 4 is 121 Å². The molecule has 9 aromatic carbocycles. The van der Waals surface area contributed by atoms with Crippen molar-refractivity contribution in [1.82, 2.24) is 15.0 Å². The summed E-state index contributed by atoms with van der Waals surface area (Å²) in [5.41, 5.74) is 15.5. The van der Waals surface area contributed by atoms with Crippen LogP contribution in [0.5, 0.6) is 0 Å². The fraction of sp³-hybridized carbons (Fsp3) is 0. The summed E-state index contributed by atoms with van der Waals surface area (Å²) in [5.74, 6) is 1.79. The smallest absolute Gasteiger partial charge is 0.167 e. The van der Waals surface area contributed by atoms with Gasteiger partial charge in [-0.2, -0.15) is 0 Å². The zero-order chi connectivity index (χ0) is 40.6. The molecule has 0 saturated carbocycles. The lowest BCUT2D eigenvalue weighted by Gasteiger charge is -2.20. The van der Waals surface area contributed by atoms with E-state index in [-0.39, 0.29) is 0 Å². The Hall–Kier alpha value is -7.11. The van der Waals surface area contributed by atoms with E-state index in [1.54, 1.807) is 0 Å². The Labute approximate surface area is 352 Å². The summed E-state index contributed by atoms with van der Waals surface area (Å²) in [5, 5.41) is 9.64. The third kappa shape index (κ3) is 5.72. The van der Waals surface area contributed by atoms with Gasteiger partial charge in [-0.25, -0.2) is 15.0 Å². The maximum absolute atomic E-state index is 6.84. The Bertz CT molecular complexity index is 3500. The summed E-state index contributed by atoms with van der Waals surface area (Å²) >= 11 is 0. The predicted molar refractivity (Wildman–Crippen MR) is 268 cm³/mol. The first-order valence-electron chi connectivity index (χ1n) is 20.6. The minimum absolute atomic E-state index is 0.567. The third-order valence-corrected chi connectivity index (χ3v) is 12.9.